The second-order valence-electron chi connectivity index (χ2n) is 8.43. The minimum absolute atomic E-state index is 0.0960. The summed E-state index contributed by atoms with van der Waals surface area (Å²) in [5, 5.41) is 2.92. The first-order chi connectivity index (χ1) is 15.6. The number of ether oxygens (including phenoxy) is 2. The summed E-state index contributed by atoms with van der Waals surface area (Å²) >= 11 is 1.34. The number of nitrogens with zero attached hydrogens (tertiary/aromatic N) is 2. The van der Waals surface area contributed by atoms with Crippen LogP contribution in [0.15, 0.2) is 54.2 Å². The molecule has 1 amide bonds. The summed E-state index contributed by atoms with van der Waals surface area (Å²) in [7, 11) is 0. The third-order valence-electron chi connectivity index (χ3n) is 5.82. The molecule has 32 heavy (non-hydrogen) atoms. The number of amides is 1. The SMILES string of the molecule is Cc1cc(OC2CC2)ccc1N1CCC(Oc2ccc(CNC(=O)c3cncs3)cc2)C1. The van der Waals surface area contributed by atoms with E-state index in [0.717, 1.165) is 36.6 Å². The Morgan fingerprint density at radius 1 is 1.09 bits per heavy atom. The fourth-order valence-electron chi connectivity index (χ4n) is 3.95. The van der Waals surface area contributed by atoms with E-state index in [0.29, 0.717) is 17.5 Å². The van der Waals surface area contributed by atoms with Crippen LogP contribution in [0.2, 0.25) is 0 Å². The summed E-state index contributed by atoms with van der Waals surface area (Å²) in [5.41, 5.74) is 5.19. The van der Waals surface area contributed by atoms with Crippen LogP contribution in [-0.2, 0) is 6.54 Å². The van der Waals surface area contributed by atoms with Crippen LogP contribution in [-0.4, -0.2) is 36.2 Å². The van der Waals surface area contributed by atoms with E-state index in [2.05, 4.69) is 40.3 Å². The van der Waals surface area contributed by atoms with Crippen molar-refractivity contribution in [2.75, 3.05) is 18.0 Å². The Labute approximate surface area is 192 Å². The monoisotopic (exact) mass is 449 g/mol. The zero-order valence-electron chi connectivity index (χ0n) is 18.1. The van der Waals surface area contributed by atoms with Crippen LogP contribution in [0.3, 0.4) is 0 Å². The molecule has 2 heterocycles. The lowest BCUT2D eigenvalue weighted by Crippen LogP contribution is -2.25. The maximum Gasteiger partial charge on any atom is 0.263 e. The third-order valence-corrected chi connectivity index (χ3v) is 6.59. The van der Waals surface area contributed by atoms with Crippen LogP contribution in [0.5, 0.6) is 11.5 Å². The minimum atomic E-state index is -0.0960. The third kappa shape index (κ3) is 5.05. The van der Waals surface area contributed by atoms with Gasteiger partial charge in [-0.1, -0.05) is 12.1 Å². The van der Waals surface area contributed by atoms with Gasteiger partial charge in [0, 0.05) is 25.2 Å². The molecule has 1 unspecified atom stereocenters. The number of aryl methyl sites for hydroxylation is 1. The Hall–Kier alpha value is -3.06. The lowest BCUT2D eigenvalue weighted by Gasteiger charge is -2.22. The topological polar surface area (TPSA) is 63.7 Å². The predicted octanol–water partition coefficient (Wildman–Crippen LogP) is 4.58. The Balaban J connectivity index is 1.12. The lowest BCUT2D eigenvalue weighted by atomic mass is 10.1. The molecule has 2 fully saturated rings. The summed E-state index contributed by atoms with van der Waals surface area (Å²) in [6.07, 6.45) is 5.51. The zero-order chi connectivity index (χ0) is 21.9. The first kappa shape index (κ1) is 20.8. The van der Waals surface area contributed by atoms with Gasteiger partial charge in [0.25, 0.3) is 5.91 Å². The average molecular weight is 450 g/mol. The number of nitrogens with one attached hydrogen (secondary N) is 1. The van der Waals surface area contributed by atoms with Gasteiger partial charge in [0.05, 0.1) is 24.4 Å². The largest absolute Gasteiger partial charge is 0.490 e. The van der Waals surface area contributed by atoms with E-state index in [1.807, 2.05) is 24.3 Å². The molecule has 1 aromatic heterocycles. The highest BCUT2D eigenvalue weighted by atomic mass is 32.1. The maximum atomic E-state index is 12.0. The number of anilines is 1. The number of rotatable bonds is 8. The van der Waals surface area contributed by atoms with Gasteiger partial charge in [-0.05, 0) is 61.2 Å². The van der Waals surface area contributed by atoms with E-state index in [1.54, 1.807) is 11.7 Å². The van der Waals surface area contributed by atoms with Crippen molar-refractivity contribution >= 4 is 22.9 Å². The number of aromatic nitrogens is 1. The summed E-state index contributed by atoms with van der Waals surface area (Å²) in [6, 6.07) is 14.4. The van der Waals surface area contributed by atoms with Gasteiger partial charge in [0.1, 0.15) is 22.5 Å². The summed E-state index contributed by atoms with van der Waals surface area (Å²) in [5.74, 6) is 1.74. The van der Waals surface area contributed by atoms with Gasteiger partial charge in [-0.25, -0.2) is 0 Å². The van der Waals surface area contributed by atoms with Crippen molar-refractivity contribution in [3.8, 4) is 11.5 Å². The van der Waals surface area contributed by atoms with E-state index in [4.69, 9.17) is 9.47 Å². The average Bonchev–Trinajstić information content (AvgIpc) is 3.25. The van der Waals surface area contributed by atoms with Crippen LogP contribution >= 0.6 is 11.3 Å². The number of carbonyl (C=O) groups is 1. The molecule has 5 rings (SSSR count). The number of benzene rings is 2. The Kier molecular flexibility index (Phi) is 5.99. The smallest absolute Gasteiger partial charge is 0.263 e. The molecule has 6 nitrogen and oxygen atoms in total. The molecule has 3 aromatic rings. The highest BCUT2D eigenvalue weighted by molar-refractivity contribution is 7.11. The van der Waals surface area contributed by atoms with E-state index >= 15 is 0 Å². The van der Waals surface area contributed by atoms with Gasteiger partial charge in [0.15, 0.2) is 0 Å². The minimum Gasteiger partial charge on any atom is -0.490 e. The van der Waals surface area contributed by atoms with Crippen LogP contribution in [0.25, 0.3) is 0 Å². The molecule has 2 aromatic carbocycles. The first-order valence-electron chi connectivity index (χ1n) is 11.1. The van der Waals surface area contributed by atoms with Crippen LogP contribution in [0.4, 0.5) is 5.69 Å². The van der Waals surface area contributed by atoms with Crippen LogP contribution < -0.4 is 19.7 Å². The Morgan fingerprint density at radius 2 is 1.88 bits per heavy atom. The molecular weight excluding hydrogens is 422 g/mol. The van der Waals surface area contributed by atoms with Gasteiger partial charge in [-0.3, -0.25) is 9.78 Å². The molecule has 7 heteroatoms. The second-order valence-corrected chi connectivity index (χ2v) is 9.32. The molecule has 1 saturated heterocycles. The molecule has 2 aliphatic rings. The highest BCUT2D eigenvalue weighted by Crippen LogP contribution is 2.32. The molecule has 166 valence electrons. The fraction of sp³-hybridized carbons (Fsp3) is 0.360. The second kappa shape index (κ2) is 9.20. The van der Waals surface area contributed by atoms with Crippen molar-refractivity contribution in [3.63, 3.8) is 0 Å². The van der Waals surface area contributed by atoms with Crippen molar-refractivity contribution in [1.82, 2.24) is 10.3 Å². The number of carbonyl (C=O) groups excluding carboxylic acids is 1. The standard InChI is InChI=1S/C25H27N3O3S/c1-17-12-21(30-20-6-7-20)8-9-23(17)28-11-10-22(15-28)31-19-4-2-18(3-5-19)13-27-25(29)24-14-26-16-32-24/h2-5,8-9,12,14,16,20,22H,6-7,10-11,13,15H2,1H3,(H,27,29). The van der Waals surface area contributed by atoms with E-state index in [1.165, 1.54) is 35.4 Å². The van der Waals surface area contributed by atoms with Gasteiger partial charge >= 0.3 is 0 Å². The van der Waals surface area contributed by atoms with Crippen molar-refractivity contribution in [3.05, 3.63) is 70.2 Å². The van der Waals surface area contributed by atoms with Gasteiger partial charge in [0.2, 0.25) is 0 Å². The molecule has 0 bridgehead atoms. The molecule has 1 atom stereocenters. The molecular formula is C25H27N3O3S. The highest BCUT2D eigenvalue weighted by Gasteiger charge is 2.26. The molecule has 1 aliphatic carbocycles. The van der Waals surface area contributed by atoms with Gasteiger partial charge in [-0.2, -0.15) is 0 Å². The molecule has 0 spiro atoms. The maximum absolute atomic E-state index is 12.0. The van der Waals surface area contributed by atoms with Crippen molar-refractivity contribution in [1.29, 1.82) is 0 Å². The predicted molar refractivity (Wildman–Crippen MR) is 126 cm³/mol. The van der Waals surface area contributed by atoms with Crippen molar-refractivity contribution in [2.45, 2.75) is 44.9 Å². The lowest BCUT2D eigenvalue weighted by molar-refractivity contribution is 0.0954. The summed E-state index contributed by atoms with van der Waals surface area (Å²) < 4.78 is 12.1. The van der Waals surface area contributed by atoms with E-state index < -0.39 is 0 Å². The Bertz CT molecular complexity index is 1060. The van der Waals surface area contributed by atoms with Gasteiger partial charge < -0.3 is 19.7 Å². The summed E-state index contributed by atoms with van der Waals surface area (Å²) in [6.45, 7) is 4.48. The number of hydrogen-bond donors (Lipinski definition) is 1. The normalized spacial score (nSPS) is 17.9. The van der Waals surface area contributed by atoms with E-state index in [9.17, 15) is 4.79 Å². The van der Waals surface area contributed by atoms with E-state index in [-0.39, 0.29) is 12.0 Å². The van der Waals surface area contributed by atoms with Crippen LogP contribution in [0, 0.1) is 6.92 Å². The van der Waals surface area contributed by atoms with Gasteiger partial charge in [-0.15, -0.1) is 11.3 Å². The quantitative estimate of drug-likeness (QED) is 0.545. The molecule has 1 N–H and O–H groups in total. The zero-order valence-corrected chi connectivity index (χ0v) is 18.9. The van der Waals surface area contributed by atoms with Crippen molar-refractivity contribution in [2.24, 2.45) is 0 Å². The fourth-order valence-corrected chi connectivity index (χ4v) is 4.49. The molecule has 1 saturated carbocycles. The van der Waals surface area contributed by atoms with Crippen molar-refractivity contribution < 1.29 is 14.3 Å². The molecule has 0 radical (unpaired) electrons. The first-order valence-corrected chi connectivity index (χ1v) is 12.0. The Morgan fingerprint density at radius 3 is 2.59 bits per heavy atom. The number of hydrogen-bond acceptors (Lipinski definition) is 6. The molecule has 1 aliphatic heterocycles. The summed E-state index contributed by atoms with van der Waals surface area (Å²) in [4.78, 5) is 19.0. The number of thiazole rings is 1. The van der Waals surface area contributed by atoms with Crippen LogP contribution in [0.1, 0.15) is 40.1 Å².